The Morgan fingerprint density at radius 3 is 3.19 bits per heavy atom. The van der Waals surface area contributed by atoms with Crippen molar-refractivity contribution in [2.75, 3.05) is 0 Å². The molecule has 1 aliphatic rings. The summed E-state index contributed by atoms with van der Waals surface area (Å²) in [5.74, 6) is 0.141. The minimum absolute atomic E-state index is 0.141. The third-order valence-corrected chi connectivity index (χ3v) is 4.10. The number of fused-ring (bicyclic) bond motifs is 2. The minimum Gasteiger partial charge on any atom is -0.387 e. The zero-order valence-corrected chi connectivity index (χ0v) is 11.4. The average Bonchev–Trinajstić information content (AvgIpc) is 3.11. The molecule has 3 aromatic heterocycles. The number of aromatic nitrogens is 6. The van der Waals surface area contributed by atoms with Gasteiger partial charge in [0.25, 0.3) is 5.56 Å². The van der Waals surface area contributed by atoms with E-state index < -0.39 is 6.10 Å². The van der Waals surface area contributed by atoms with Gasteiger partial charge in [0, 0.05) is 25.1 Å². The Bertz CT molecular complexity index is 876. The van der Waals surface area contributed by atoms with E-state index in [1.807, 2.05) is 11.6 Å². The molecule has 0 radical (unpaired) electrons. The van der Waals surface area contributed by atoms with E-state index in [-0.39, 0.29) is 11.5 Å². The minimum atomic E-state index is -0.497. The van der Waals surface area contributed by atoms with E-state index in [1.54, 1.807) is 17.2 Å². The molecule has 4 rings (SSSR count). The monoisotopic (exact) mass is 286 g/mol. The van der Waals surface area contributed by atoms with E-state index in [0.717, 1.165) is 11.3 Å². The van der Waals surface area contributed by atoms with Crippen molar-refractivity contribution < 1.29 is 5.11 Å². The van der Waals surface area contributed by atoms with E-state index in [2.05, 4.69) is 20.1 Å². The van der Waals surface area contributed by atoms with Crippen LogP contribution in [-0.2, 0) is 13.6 Å². The molecule has 0 bridgehead atoms. The van der Waals surface area contributed by atoms with Gasteiger partial charge in [0.2, 0.25) is 0 Å². The molecule has 2 atom stereocenters. The van der Waals surface area contributed by atoms with Gasteiger partial charge in [0.05, 0.1) is 30.6 Å². The Morgan fingerprint density at radius 2 is 2.33 bits per heavy atom. The molecule has 0 saturated carbocycles. The predicted molar refractivity (Wildman–Crippen MR) is 73.7 cm³/mol. The first kappa shape index (κ1) is 12.3. The molecule has 3 heterocycles. The number of aliphatic hydroxyl groups excluding tert-OH is 1. The number of hydrogen-bond acceptors (Lipinski definition) is 5. The molecule has 0 saturated heterocycles. The lowest BCUT2D eigenvalue weighted by molar-refractivity contribution is 0.162. The lowest BCUT2D eigenvalue weighted by atomic mass is 10.0. The Kier molecular flexibility index (Phi) is 2.49. The first-order valence-electron chi connectivity index (χ1n) is 6.73. The summed E-state index contributed by atoms with van der Waals surface area (Å²) in [6, 6.07) is 0. The van der Waals surface area contributed by atoms with Crippen molar-refractivity contribution in [3.05, 3.63) is 40.5 Å². The number of aryl methyl sites for hydroxylation is 1. The molecule has 0 aromatic carbocycles. The first-order valence-corrected chi connectivity index (χ1v) is 6.73. The molecule has 3 aromatic rings. The number of rotatable bonds is 2. The van der Waals surface area contributed by atoms with E-state index in [0.29, 0.717) is 24.1 Å². The second-order valence-electron chi connectivity index (χ2n) is 5.36. The fourth-order valence-corrected chi connectivity index (χ4v) is 3.13. The van der Waals surface area contributed by atoms with Crippen molar-refractivity contribution in [2.24, 2.45) is 7.05 Å². The maximum Gasteiger partial charge on any atom is 0.278 e. The van der Waals surface area contributed by atoms with Gasteiger partial charge in [-0.1, -0.05) is 0 Å². The Morgan fingerprint density at radius 1 is 1.48 bits per heavy atom. The molecule has 8 nitrogen and oxygen atoms in total. The van der Waals surface area contributed by atoms with Gasteiger partial charge in [-0.15, -0.1) is 0 Å². The lowest BCUT2D eigenvalue weighted by Crippen LogP contribution is -2.10. The highest BCUT2D eigenvalue weighted by Gasteiger charge is 2.33. The van der Waals surface area contributed by atoms with Crippen molar-refractivity contribution in [3.8, 4) is 0 Å². The highest BCUT2D eigenvalue weighted by molar-refractivity contribution is 5.68. The average molecular weight is 286 g/mol. The largest absolute Gasteiger partial charge is 0.387 e. The van der Waals surface area contributed by atoms with E-state index >= 15 is 0 Å². The van der Waals surface area contributed by atoms with Crippen LogP contribution in [0, 0.1) is 0 Å². The summed E-state index contributed by atoms with van der Waals surface area (Å²) < 4.78 is 3.57. The van der Waals surface area contributed by atoms with Crippen LogP contribution in [-0.4, -0.2) is 34.4 Å². The zero-order chi connectivity index (χ0) is 14.6. The number of nitrogens with zero attached hydrogens (tertiary/aromatic N) is 5. The molecule has 1 aliphatic carbocycles. The third-order valence-electron chi connectivity index (χ3n) is 4.10. The molecule has 0 aliphatic heterocycles. The van der Waals surface area contributed by atoms with Gasteiger partial charge in [-0.25, -0.2) is 9.97 Å². The summed E-state index contributed by atoms with van der Waals surface area (Å²) in [6.45, 7) is 0.614. The van der Waals surface area contributed by atoms with Crippen LogP contribution in [0.1, 0.15) is 29.7 Å². The number of hydrogen-bond donors (Lipinski definition) is 2. The molecule has 108 valence electrons. The summed E-state index contributed by atoms with van der Waals surface area (Å²) in [5, 5.41) is 14.4. The van der Waals surface area contributed by atoms with Crippen molar-refractivity contribution in [1.82, 2.24) is 29.3 Å². The number of imidazole rings is 1. The molecule has 0 unspecified atom stereocenters. The molecule has 0 amide bonds. The highest BCUT2D eigenvalue weighted by atomic mass is 16.3. The molecular formula is C13H14N6O2. The van der Waals surface area contributed by atoms with Crippen LogP contribution in [0.2, 0.25) is 0 Å². The van der Waals surface area contributed by atoms with E-state index in [9.17, 15) is 9.90 Å². The molecule has 2 N–H and O–H groups in total. The van der Waals surface area contributed by atoms with Crippen molar-refractivity contribution in [3.63, 3.8) is 0 Å². The van der Waals surface area contributed by atoms with Crippen LogP contribution in [0.4, 0.5) is 0 Å². The molecule has 21 heavy (non-hydrogen) atoms. The SMILES string of the molecule is Cn1ncc2c1[C@@H](O)C[C@H]2Cn1cnc2c(=O)[nH]cnc21. The normalized spacial score (nSPS) is 21.0. The third kappa shape index (κ3) is 1.72. The molecule has 8 heteroatoms. The van der Waals surface area contributed by atoms with E-state index in [4.69, 9.17) is 0 Å². The quantitative estimate of drug-likeness (QED) is 0.694. The van der Waals surface area contributed by atoms with Crippen molar-refractivity contribution in [2.45, 2.75) is 25.0 Å². The van der Waals surface area contributed by atoms with Gasteiger partial charge in [-0.05, 0) is 6.42 Å². The van der Waals surface area contributed by atoms with Gasteiger partial charge in [-0.3, -0.25) is 9.48 Å². The van der Waals surface area contributed by atoms with Crippen LogP contribution in [0.15, 0.2) is 23.6 Å². The van der Waals surface area contributed by atoms with E-state index in [1.165, 1.54) is 6.33 Å². The summed E-state index contributed by atoms with van der Waals surface area (Å²) in [4.78, 5) is 22.5. The molecule has 0 fully saturated rings. The smallest absolute Gasteiger partial charge is 0.278 e. The van der Waals surface area contributed by atoms with Crippen LogP contribution < -0.4 is 5.56 Å². The van der Waals surface area contributed by atoms with Gasteiger partial charge in [-0.2, -0.15) is 5.10 Å². The summed E-state index contributed by atoms with van der Waals surface area (Å²) in [6.07, 6.45) is 4.94. The van der Waals surface area contributed by atoms with Gasteiger partial charge < -0.3 is 14.7 Å². The predicted octanol–water partition coefficient (Wildman–Crippen LogP) is 0.0740. The standard InChI is InChI=1S/C13H14N6O2/c1-18-11-8(3-17-18)7(2-9(11)20)4-19-6-16-10-12(19)14-5-15-13(10)21/h3,5-7,9,20H,2,4H2,1H3,(H,14,15,21)/t7-,9-/m0/s1. The first-order chi connectivity index (χ1) is 10.1. The van der Waals surface area contributed by atoms with Crippen molar-refractivity contribution in [1.29, 1.82) is 0 Å². The van der Waals surface area contributed by atoms with Crippen LogP contribution in [0.25, 0.3) is 11.2 Å². The molecular weight excluding hydrogens is 272 g/mol. The zero-order valence-electron chi connectivity index (χ0n) is 11.4. The van der Waals surface area contributed by atoms with Crippen LogP contribution in [0.3, 0.4) is 0 Å². The Labute approximate surface area is 119 Å². The van der Waals surface area contributed by atoms with Gasteiger partial charge in [0.1, 0.15) is 0 Å². The fraction of sp³-hybridized carbons (Fsp3) is 0.385. The van der Waals surface area contributed by atoms with Gasteiger partial charge in [0.15, 0.2) is 11.2 Å². The highest BCUT2D eigenvalue weighted by Crippen LogP contribution is 2.40. The molecule has 0 spiro atoms. The lowest BCUT2D eigenvalue weighted by Gasteiger charge is -2.11. The maximum absolute atomic E-state index is 11.7. The number of H-pyrrole nitrogens is 1. The number of aromatic amines is 1. The summed E-state index contributed by atoms with van der Waals surface area (Å²) in [7, 11) is 1.83. The Balaban J connectivity index is 1.73. The van der Waals surface area contributed by atoms with Gasteiger partial charge >= 0.3 is 0 Å². The second kappa shape index (κ2) is 4.26. The van der Waals surface area contributed by atoms with Crippen LogP contribution in [0.5, 0.6) is 0 Å². The second-order valence-corrected chi connectivity index (χ2v) is 5.36. The van der Waals surface area contributed by atoms with Crippen molar-refractivity contribution >= 4 is 11.2 Å². The Hall–Kier alpha value is -2.48. The number of nitrogens with one attached hydrogen (secondary N) is 1. The maximum atomic E-state index is 11.7. The summed E-state index contributed by atoms with van der Waals surface area (Å²) in [5.41, 5.74) is 2.58. The summed E-state index contributed by atoms with van der Waals surface area (Å²) >= 11 is 0. The topological polar surface area (TPSA) is 102 Å². The number of aliphatic hydroxyl groups is 1. The van der Waals surface area contributed by atoms with Crippen LogP contribution >= 0.6 is 0 Å². The fourth-order valence-electron chi connectivity index (χ4n) is 3.13.